The summed E-state index contributed by atoms with van der Waals surface area (Å²) in [4.78, 5) is 29.3. The van der Waals surface area contributed by atoms with Crippen LogP contribution >= 0.6 is 0 Å². The van der Waals surface area contributed by atoms with Crippen molar-refractivity contribution in [2.24, 2.45) is 0 Å². The second-order valence-corrected chi connectivity index (χ2v) is 3.34. The topological polar surface area (TPSA) is 82.1 Å². The van der Waals surface area contributed by atoms with Crippen LogP contribution in [-0.4, -0.2) is 22.6 Å². The molecule has 0 aliphatic carbocycles. The van der Waals surface area contributed by atoms with Crippen molar-refractivity contribution >= 4 is 11.9 Å². The molecule has 0 heterocycles. The van der Waals surface area contributed by atoms with Crippen LogP contribution in [0.4, 0.5) is 0 Å². The third kappa shape index (κ3) is 8.69. The molecule has 80 valence electrons. The third-order valence-corrected chi connectivity index (χ3v) is 0.762. The minimum Gasteiger partial charge on any atom is -0.478 e. The van der Waals surface area contributed by atoms with E-state index < -0.39 is 17.5 Å². The monoisotopic (exact) mass is 204 g/mol. The van der Waals surface area contributed by atoms with Gasteiger partial charge >= 0.3 is 11.9 Å². The van der Waals surface area contributed by atoms with E-state index in [0.29, 0.717) is 12.2 Å². The van der Waals surface area contributed by atoms with Crippen molar-refractivity contribution in [3.8, 4) is 0 Å². The lowest BCUT2D eigenvalue weighted by molar-refractivity contribution is -0.513. The highest BCUT2D eigenvalue weighted by Crippen LogP contribution is 2.06. The predicted octanol–water partition coefficient (Wildman–Crippen LogP) is 0.832. The van der Waals surface area contributed by atoms with Gasteiger partial charge in [0.1, 0.15) is 0 Å². The van der Waals surface area contributed by atoms with Crippen LogP contribution in [0, 0.1) is 0 Å². The standard InChI is InChI=1S/C8H12O6/c1-8(2,3)13-14-12-7(11)5-4-6(9)10/h4-5H,1-3H3,(H,9,10)/b5-4-. The molecule has 0 aliphatic heterocycles. The molecule has 6 nitrogen and oxygen atoms in total. The molecular weight excluding hydrogens is 192 g/mol. The molecule has 0 aromatic heterocycles. The Balaban J connectivity index is 3.71. The summed E-state index contributed by atoms with van der Waals surface area (Å²) in [7, 11) is 0. The average Bonchev–Trinajstić information content (AvgIpc) is 1.98. The minimum atomic E-state index is -1.25. The first kappa shape index (κ1) is 12.6. The number of carbonyl (C=O) groups excluding carboxylic acids is 1. The van der Waals surface area contributed by atoms with Gasteiger partial charge in [-0.2, -0.15) is 4.89 Å². The summed E-state index contributed by atoms with van der Waals surface area (Å²) in [6.07, 6.45) is 1.33. The lowest BCUT2D eigenvalue weighted by Gasteiger charge is -2.14. The summed E-state index contributed by atoms with van der Waals surface area (Å²) in [6, 6.07) is 0. The van der Waals surface area contributed by atoms with Gasteiger partial charge in [0.15, 0.2) is 0 Å². The van der Waals surface area contributed by atoms with E-state index in [4.69, 9.17) is 5.11 Å². The Bertz CT molecular complexity index is 237. The zero-order valence-corrected chi connectivity index (χ0v) is 8.14. The number of carbonyl (C=O) groups is 2. The van der Waals surface area contributed by atoms with Crippen LogP contribution in [0.3, 0.4) is 0 Å². The number of hydrogen-bond acceptors (Lipinski definition) is 5. The number of carboxylic acid groups (broad SMARTS) is 1. The molecule has 0 bridgehead atoms. The van der Waals surface area contributed by atoms with Crippen molar-refractivity contribution in [1.29, 1.82) is 0 Å². The van der Waals surface area contributed by atoms with Gasteiger partial charge in [-0.05, 0) is 25.8 Å². The van der Waals surface area contributed by atoms with Crippen molar-refractivity contribution in [2.45, 2.75) is 26.4 Å². The van der Waals surface area contributed by atoms with Crippen LogP contribution in [-0.2, 0) is 24.4 Å². The molecule has 0 aliphatic rings. The molecular formula is C8H12O6. The van der Waals surface area contributed by atoms with E-state index in [1.165, 1.54) is 0 Å². The molecule has 0 spiro atoms. The number of carboxylic acids is 1. The van der Waals surface area contributed by atoms with Gasteiger partial charge in [-0.1, -0.05) is 0 Å². The fourth-order valence-corrected chi connectivity index (χ4v) is 0.320. The Morgan fingerprint density at radius 1 is 1.21 bits per heavy atom. The van der Waals surface area contributed by atoms with Gasteiger partial charge in [0, 0.05) is 12.2 Å². The second kappa shape index (κ2) is 5.36. The molecule has 6 heteroatoms. The predicted molar refractivity (Wildman–Crippen MR) is 44.8 cm³/mol. The van der Waals surface area contributed by atoms with E-state index in [-0.39, 0.29) is 0 Å². The first-order chi connectivity index (χ1) is 6.31. The highest BCUT2D eigenvalue weighted by Gasteiger charge is 2.13. The third-order valence-electron chi connectivity index (χ3n) is 0.762. The second-order valence-electron chi connectivity index (χ2n) is 3.34. The first-order valence-electron chi connectivity index (χ1n) is 3.78. The summed E-state index contributed by atoms with van der Waals surface area (Å²) in [5, 5.41) is 12.2. The van der Waals surface area contributed by atoms with E-state index in [1.54, 1.807) is 20.8 Å². The summed E-state index contributed by atoms with van der Waals surface area (Å²) in [5.41, 5.74) is -0.614. The molecule has 0 fully saturated rings. The molecule has 0 amide bonds. The largest absolute Gasteiger partial charge is 0.478 e. The fraction of sp³-hybridized carbons (Fsp3) is 0.500. The molecule has 1 N–H and O–H groups in total. The first-order valence-corrected chi connectivity index (χ1v) is 3.78. The van der Waals surface area contributed by atoms with Crippen molar-refractivity contribution < 1.29 is 29.5 Å². The molecule has 0 saturated carbocycles. The quantitative estimate of drug-likeness (QED) is 0.415. The maximum atomic E-state index is 10.7. The number of rotatable bonds is 4. The molecule has 0 aromatic carbocycles. The van der Waals surface area contributed by atoms with Crippen LogP contribution in [0.2, 0.25) is 0 Å². The zero-order chi connectivity index (χ0) is 11.2. The molecule has 0 atom stereocenters. The van der Waals surface area contributed by atoms with Crippen LogP contribution in [0.15, 0.2) is 12.2 Å². The summed E-state index contributed by atoms with van der Waals surface area (Å²) in [5.74, 6) is -2.21. The van der Waals surface area contributed by atoms with E-state index >= 15 is 0 Å². The number of hydrogen-bond donors (Lipinski definition) is 1. The van der Waals surface area contributed by atoms with Crippen molar-refractivity contribution in [2.75, 3.05) is 0 Å². The van der Waals surface area contributed by atoms with Gasteiger partial charge in [0.25, 0.3) is 0 Å². The summed E-state index contributed by atoms with van der Waals surface area (Å²) < 4.78 is 0. The molecule has 14 heavy (non-hydrogen) atoms. The normalized spacial score (nSPS) is 11.6. The fourth-order valence-electron chi connectivity index (χ4n) is 0.320. The maximum absolute atomic E-state index is 10.7. The van der Waals surface area contributed by atoms with Crippen LogP contribution < -0.4 is 0 Å². The van der Waals surface area contributed by atoms with Crippen molar-refractivity contribution in [1.82, 2.24) is 0 Å². The van der Waals surface area contributed by atoms with Crippen molar-refractivity contribution in [3.05, 3.63) is 12.2 Å². The summed E-state index contributed by atoms with van der Waals surface area (Å²) in [6.45, 7) is 5.07. The molecule has 0 radical (unpaired) electrons. The average molecular weight is 204 g/mol. The SMILES string of the molecule is CC(C)(C)OOOC(=O)/C=C\C(=O)O. The molecule has 0 aromatic rings. The van der Waals surface area contributed by atoms with Gasteiger partial charge in [0.05, 0.1) is 5.60 Å². The lowest BCUT2D eigenvalue weighted by Crippen LogP contribution is -2.20. The van der Waals surface area contributed by atoms with Gasteiger partial charge in [-0.25, -0.2) is 9.59 Å². The summed E-state index contributed by atoms with van der Waals surface area (Å²) >= 11 is 0. The smallest absolute Gasteiger partial charge is 0.369 e. The van der Waals surface area contributed by atoms with Crippen LogP contribution in [0.1, 0.15) is 20.8 Å². The Labute approximate surface area is 80.9 Å². The molecule has 0 saturated heterocycles. The Morgan fingerprint density at radius 2 is 1.79 bits per heavy atom. The van der Waals surface area contributed by atoms with Gasteiger partial charge in [0.2, 0.25) is 0 Å². The van der Waals surface area contributed by atoms with E-state index in [9.17, 15) is 9.59 Å². The Morgan fingerprint density at radius 3 is 2.21 bits per heavy atom. The van der Waals surface area contributed by atoms with E-state index in [1.807, 2.05) is 0 Å². The van der Waals surface area contributed by atoms with E-state index in [0.717, 1.165) is 0 Å². The highest BCUT2D eigenvalue weighted by molar-refractivity contribution is 5.90. The Hall–Kier alpha value is -1.40. The minimum absolute atomic E-state index is 0.614. The van der Waals surface area contributed by atoms with Gasteiger partial charge < -0.3 is 5.11 Å². The Kier molecular flexibility index (Phi) is 4.82. The lowest BCUT2D eigenvalue weighted by atomic mass is 10.2. The van der Waals surface area contributed by atoms with E-state index in [2.05, 4.69) is 14.8 Å². The van der Waals surface area contributed by atoms with Gasteiger partial charge in [-0.15, -0.1) is 0 Å². The maximum Gasteiger partial charge on any atom is 0.369 e. The molecule has 0 unspecified atom stereocenters. The highest BCUT2D eigenvalue weighted by atomic mass is 17.5. The number of aliphatic carboxylic acids is 1. The molecule has 0 rings (SSSR count). The van der Waals surface area contributed by atoms with Crippen LogP contribution in [0.25, 0.3) is 0 Å². The van der Waals surface area contributed by atoms with Gasteiger partial charge in [-0.3, -0.25) is 4.89 Å². The van der Waals surface area contributed by atoms with Crippen molar-refractivity contribution in [3.63, 3.8) is 0 Å². The van der Waals surface area contributed by atoms with Crippen LogP contribution in [0.5, 0.6) is 0 Å². The zero-order valence-electron chi connectivity index (χ0n) is 8.14.